The lowest BCUT2D eigenvalue weighted by Gasteiger charge is -2.26. The van der Waals surface area contributed by atoms with Crippen molar-refractivity contribution in [3.8, 4) is 11.1 Å². The number of rotatable bonds is 3. The van der Waals surface area contributed by atoms with Gasteiger partial charge in [0.25, 0.3) is 0 Å². The molecule has 4 aromatic rings. The summed E-state index contributed by atoms with van der Waals surface area (Å²) >= 11 is 13.2. The number of halogens is 3. The maximum absolute atomic E-state index is 5.54. The summed E-state index contributed by atoms with van der Waals surface area (Å²) < 4.78 is 10.2. The molecule has 3 aromatic carbocycles. The Balaban J connectivity index is 1.80. The largest absolute Gasteiger partial charge is 0.379 e. The van der Waals surface area contributed by atoms with Crippen LogP contribution in [0.4, 0.5) is 0 Å². The Hall–Kier alpha value is -0.760. The van der Waals surface area contributed by atoms with Crippen molar-refractivity contribution in [1.82, 2.24) is 4.90 Å². The van der Waals surface area contributed by atoms with Crippen LogP contribution in [-0.4, -0.2) is 31.2 Å². The van der Waals surface area contributed by atoms with Crippen LogP contribution in [0.3, 0.4) is 0 Å². The van der Waals surface area contributed by atoms with E-state index in [1.165, 1.54) is 46.9 Å². The van der Waals surface area contributed by atoms with Crippen LogP contribution in [0.2, 0.25) is 0 Å². The molecule has 0 atom stereocenters. The molecule has 1 aromatic heterocycles. The Labute approximate surface area is 205 Å². The molecule has 2 heterocycles. The molecule has 5 rings (SSSR count). The van der Waals surface area contributed by atoms with Gasteiger partial charge >= 0.3 is 0 Å². The van der Waals surface area contributed by atoms with Crippen molar-refractivity contribution >= 4 is 80.0 Å². The summed E-state index contributed by atoms with van der Waals surface area (Å²) in [5, 5.41) is 3.90. The molecule has 6 heteroatoms. The summed E-state index contributed by atoms with van der Waals surface area (Å²) in [6.07, 6.45) is 0. The molecule has 1 fully saturated rings. The van der Waals surface area contributed by atoms with Gasteiger partial charge in [-0.25, -0.2) is 0 Å². The molecule has 0 unspecified atom stereocenters. The smallest absolute Gasteiger partial charge is 0.0594 e. The van der Waals surface area contributed by atoms with Gasteiger partial charge < -0.3 is 4.74 Å². The van der Waals surface area contributed by atoms with Crippen LogP contribution in [0, 0.1) is 6.92 Å². The van der Waals surface area contributed by atoms with Gasteiger partial charge in [-0.3, -0.25) is 4.90 Å². The van der Waals surface area contributed by atoms with Crippen LogP contribution >= 0.6 is 59.1 Å². The van der Waals surface area contributed by atoms with Crippen LogP contribution in [0.1, 0.15) is 10.4 Å². The summed E-state index contributed by atoms with van der Waals surface area (Å²) in [5.41, 5.74) is 3.93. The maximum Gasteiger partial charge on any atom is 0.0594 e. The lowest BCUT2D eigenvalue weighted by Crippen LogP contribution is -2.35. The van der Waals surface area contributed by atoms with E-state index in [4.69, 9.17) is 4.74 Å². The fraction of sp³-hybridized carbons (Fsp3) is 0.250. The van der Waals surface area contributed by atoms with Gasteiger partial charge in [-0.1, -0.05) is 56.1 Å². The summed E-state index contributed by atoms with van der Waals surface area (Å²) in [6.45, 7) is 6.93. The number of thiophene rings is 1. The third-order valence-electron chi connectivity index (χ3n) is 5.75. The van der Waals surface area contributed by atoms with Crippen molar-refractivity contribution in [3.05, 3.63) is 66.3 Å². The van der Waals surface area contributed by atoms with Crippen molar-refractivity contribution in [2.75, 3.05) is 26.3 Å². The van der Waals surface area contributed by atoms with Crippen molar-refractivity contribution in [3.63, 3.8) is 0 Å². The van der Waals surface area contributed by atoms with Crippen molar-refractivity contribution in [2.45, 2.75) is 13.5 Å². The van der Waals surface area contributed by atoms with E-state index in [1.807, 2.05) is 11.3 Å². The molecule has 0 N–H and O–H groups in total. The van der Waals surface area contributed by atoms with Crippen LogP contribution in [0.15, 0.2) is 55.9 Å². The van der Waals surface area contributed by atoms with Gasteiger partial charge in [0.15, 0.2) is 0 Å². The minimum atomic E-state index is 0.828. The van der Waals surface area contributed by atoms with Crippen molar-refractivity contribution < 1.29 is 4.74 Å². The van der Waals surface area contributed by atoms with E-state index in [-0.39, 0.29) is 0 Å². The minimum absolute atomic E-state index is 0.828. The van der Waals surface area contributed by atoms with Gasteiger partial charge in [-0.05, 0) is 68.5 Å². The van der Waals surface area contributed by atoms with Gasteiger partial charge in [-0.2, -0.15) is 0 Å². The Kier molecular flexibility index (Phi) is 6.08. The second-order valence-corrected chi connectivity index (χ2v) is 11.4. The molecule has 2 nitrogen and oxygen atoms in total. The van der Waals surface area contributed by atoms with Crippen LogP contribution < -0.4 is 0 Å². The van der Waals surface area contributed by atoms with Crippen molar-refractivity contribution in [1.29, 1.82) is 0 Å². The molecular formula is C24H20Br3NOS. The summed E-state index contributed by atoms with van der Waals surface area (Å²) in [6, 6.07) is 15.2. The monoisotopic (exact) mass is 607 g/mol. The average molecular weight is 610 g/mol. The number of hydrogen-bond acceptors (Lipinski definition) is 3. The van der Waals surface area contributed by atoms with Gasteiger partial charge in [-0.15, -0.1) is 11.3 Å². The lowest BCUT2D eigenvalue weighted by molar-refractivity contribution is 0.0346. The first kappa shape index (κ1) is 21.1. The number of morpholine rings is 1. The van der Waals surface area contributed by atoms with Crippen molar-refractivity contribution in [2.24, 2.45) is 0 Å². The number of benzene rings is 3. The van der Waals surface area contributed by atoms with E-state index >= 15 is 0 Å². The Morgan fingerprint density at radius 3 is 2.33 bits per heavy atom. The fourth-order valence-electron chi connectivity index (χ4n) is 4.28. The lowest BCUT2D eigenvalue weighted by atomic mass is 9.93. The molecular weight excluding hydrogens is 590 g/mol. The number of aryl methyl sites for hydroxylation is 1. The molecule has 1 saturated heterocycles. The highest BCUT2D eigenvalue weighted by atomic mass is 79.9. The van der Waals surface area contributed by atoms with E-state index < -0.39 is 0 Å². The highest BCUT2D eigenvalue weighted by Gasteiger charge is 2.22. The maximum atomic E-state index is 5.54. The Morgan fingerprint density at radius 2 is 1.63 bits per heavy atom. The van der Waals surface area contributed by atoms with Crippen LogP contribution in [0.5, 0.6) is 0 Å². The van der Waals surface area contributed by atoms with Gasteiger partial charge in [0.05, 0.1) is 17.9 Å². The number of hydrogen-bond donors (Lipinski definition) is 0. The molecule has 1 aliphatic heterocycles. The number of ether oxygens (including phenoxy) is 1. The fourth-order valence-corrected chi connectivity index (χ4v) is 7.66. The van der Waals surface area contributed by atoms with Gasteiger partial charge in [0, 0.05) is 43.3 Å². The summed E-state index contributed by atoms with van der Waals surface area (Å²) in [7, 11) is 0. The first-order valence-electron chi connectivity index (χ1n) is 9.91. The van der Waals surface area contributed by atoms with E-state index in [9.17, 15) is 0 Å². The molecule has 1 aliphatic rings. The quantitative estimate of drug-likeness (QED) is 0.232. The van der Waals surface area contributed by atoms with E-state index in [1.54, 1.807) is 0 Å². The number of nitrogens with zero attached hydrogens (tertiary/aromatic N) is 1. The predicted octanol–water partition coefficient (Wildman–Crippen LogP) is 8.15. The van der Waals surface area contributed by atoms with Crippen LogP contribution in [-0.2, 0) is 11.3 Å². The normalized spacial score (nSPS) is 15.3. The third kappa shape index (κ3) is 3.80. The molecule has 0 radical (unpaired) electrons. The summed E-state index contributed by atoms with van der Waals surface area (Å²) in [4.78, 5) is 3.95. The zero-order chi connectivity index (χ0) is 20.8. The predicted molar refractivity (Wildman–Crippen MR) is 139 cm³/mol. The molecule has 0 amide bonds. The van der Waals surface area contributed by atoms with Gasteiger partial charge in [0.2, 0.25) is 0 Å². The van der Waals surface area contributed by atoms with E-state index in [2.05, 4.69) is 102 Å². The van der Waals surface area contributed by atoms with Gasteiger partial charge in [0.1, 0.15) is 0 Å². The average Bonchev–Trinajstić information content (AvgIpc) is 3.05. The molecule has 0 aliphatic carbocycles. The molecule has 0 spiro atoms. The Bertz CT molecular complexity index is 1240. The molecule has 154 valence electrons. The summed E-state index contributed by atoms with van der Waals surface area (Å²) in [5.74, 6) is 0. The second-order valence-electron chi connectivity index (χ2n) is 7.64. The zero-order valence-corrected chi connectivity index (χ0v) is 22.0. The second kappa shape index (κ2) is 8.64. The first-order valence-corrected chi connectivity index (χ1v) is 13.1. The van der Waals surface area contributed by atoms with Crippen LogP contribution in [0.25, 0.3) is 32.0 Å². The first-order chi connectivity index (χ1) is 14.5. The number of fused-ring (bicyclic) bond motifs is 2. The highest BCUT2D eigenvalue weighted by molar-refractivity contribution is 9.11. The standard InChI is InChI=1S/C24H20Br3NOS/c1-14-20(13-28-6-8-29-9-7-28)30-24-21(14)22(15-10-16(25)12-17(26)11-15)18-4-2-3-5-19(18)23(24)27/h2-5,10-12H,6-9,13H2,1H3. The van der Waals surface area contributed by atoms with E-state index in [0.29, 0.717) is 0 Å². The Morgan fingerprint density at radius 1 is 0.967 bits per heavy atom. The highest BCUT2D eigenvalue weighted by Crippen LogP contribution is 2.48. The minimum Gasteiger partial charge on any atom is -0.379 e. The molecule has 0 saturated carbocycles. The third-order valence-corrected chi connectivity index (χ3v) is 9.05. The SMILES string of the molecule is Cc1c(CN2CCOCC2)sc2c(Br)c3ccccc3c(-c3cc(Br)cc(Br)c3)c12. The van der Waals surface area contributed by atoms with E-state index in [0.717, 1.165) is 41.8 Å². The molecule has 0 bridgehead atoms. The topological polar surface area (TPSA) is 12.5 Å². The zero-order valence-electron chi connectivity index (χ0n) is 16.5. The molecule has 30 heavy (non-hydrogen) atoms.